The number of nitrogens with one attached hydrogen (secondary N) is 2. The quantitative estimate of drug-likeness (QED) is 0.335. The molecule has 8 nitrogen and oxygen atoms in total. The van der Waals surface area contributed by atoms with E-state index in [-0.39, 0.29) is 12.2 Å². The van der Waals surface area contributed by atoms with Crippen molar-refractivity contribution in [1.82, 2.24) is 10.6 Å². The number of rotatable bonds is 8. The Balaban J connectivity index is 1.75. The average Bonchev–Trinajstić information content (AvgIpc) is 2.71. The van der Waals surface area contributed by atoms with E-state index in [2.05, 4.69) is 15.9 Å². The fraction of sp³-hybridized carbons (Fsp3) is 0.227. The van der Waals surface area contributed by atoms with Crippen molar-refractivity contribution in [2.75, 3.05) is 19.8 Å². The number of imide groups is 2. The van der Waals surface area contributed by atoms with Crippen LogP contribution < -0.4 is 24.8 Å². The van der Waals surface area contributed by atoms with Crippen LogP contribution in [0.3, 0.4) is 0 Å². The van der Waals surface area contributed by atoms with Crippen molar-refractivity contribution < 1.29 is 28.6 Å². The molecule has 1 heterocycles. The number of hydrogen-bond donors (Lipinski definition) is 2. The van der Waals surface area contributed by atoms with Crippen LogP contribution >= 0.6 is 15.9 Å². The number of halogens is 1. The smallest absolute Gasteiger partial charge is 0.328 e. The Morgan fingerprint density at radius 2 is 1.61 bits per heavy atom. The minimum Gasteiger partial charge on any atom is -0.490 e. The number of amides is 4. The van der Waals surface area contributed by atoms with E-state index in [9.17, 15) is 14.4 Å². The Labute approximate surface area is 187 Å². The molecule has 2 aromatic carbocycles. The summed E-state index contributed by atoms with van der Waals surface area (Å²) in [6.45, 7) is 4.80. The van der Waals surface area contributed by atoms with Crippen LogP contribution in [0, 0.1) is 6.92 Å². The zero-order chi connectivity index (χ0) is 22.4. The summed E-state index contributed by atoms with van der Waals surface area (Å²) in [5, 5.41) is 4.08. The monoisotopic (exact) mass is 488 g/mol. The number of aryl methyl sites for hydroxylation is 1. The van der Waals surface area contributed by atoms with Crippen molar-refractivity contribution in [2.45, 2.75) is 13.8 Å². The maximum atomic E-state index is 12.0. The Kier molecular flexibility index (Phi) is 7.30. The summed E-state index contributed by atoms with van der Waals surface area (Å²) in [6, 6.07) is 10.2. The zero-order valence-electron chi connectivity index (χ0n) is 17.0. The van der Waals surface area contributed by atoms with Crippen LogP contribution in [0.4, 0.5) is 4.79 Å². The van der Waals surface area contributed by atoms with E-state index in [0.717, 1.165) is 11.3 Å². The van der Waals surface area contributed by atoms with Crippen LogP contribution in [0.15, 0.2) is 46.4 Å². The standard InChI is InChI=1S/C22H21BrN2O6/c1-3-29-18-12-14(10-15-20(26)24-22(28)25-21(15)27)11-16(23)19(18)31-9-8-30-17-7-5-4-6-13(17)2/h4-7,10-12H,3,8-9H2,1-2H3,(H2,24,25,26,27,28). The third-order valence-electron chi connectivity index (χ3n) is 4.27. The van der Waals surface area contributed by atoms with Crippen LogP contribution in [0.25, 0.3) is 6.08 Å². The minimum atomic E-state index is -0.847. The molecule has 1 saturated heterocycles. The number of carbonyl (C=O) groups is 3. The highest BCUT2D eigenvalue weighted by Crippen LogP contribution is 2.37. The largest absolute Gasteiger partial charge is 0.490 e. The number of hydrogen-bond acceptors (Lipinski definition) is 6. The first kappa shape index (κ1) is 22.4. The maximum absolute atomic E-state index is 12.0. The zero-order valence-corrected chi connectivity index (χ0v) is 18.6. The lowest BCUT2D eigenvalue weighted by molar-refractivity contribution is -0.123. The van der Waals surface area contributed by atoms with Gasteiger partial charge in [-0.25, -0.2) is 4.79 Å². The summed E-state index contributed by atoms with van der Waals surface area (Å²) in [6.07, 6.45) is 1.37. The molecule has 0 bridgehead atoms. The number of barbiturate groups is 1. The molecule has 9 heteroatoms. The van der Waals surface area contributed by atoms with Crippen molar-refractivity contribution in [3.63, 3.8) is 0 Å². The van der Waals surface area contributed by atoms with Crippen molar-refractivity contribution >= 4 is 39.9 Å². The molecule has 0 radical (unpaired) electrons. The molecule has 0 aromatic heterocycles. The van der Waals surface area contributed by atoms with Crippen molar-refractivity contribution in [2.24, 2.45) is 0 Å². The summed E-state index contributed by atoms with van der Waals surface area (Å²) in [7, 11) is 0. The summed E-state index contributed by atoms with van der Waals surface area (Å²) >= 11 is 3.45. The van der Waals surface area contributed by atoms with E-state index >= 15 is 0 Å². The topological polar surface area (TPSA) is 103 Å². The van der Waals surface area contributed by atoms with Gasteiger partial charge in [0.2, 0.25) is 0 Å². The number of carbonyl (C=O) groups excluding carboxylic acids is 3. The van der Waals surface area contributed by atoms with Crippen LogP contribution in [0.5, 0.6) is 17.2 Å². The lowest BCUT2D eigenvalue weighted by atomic mass is 10.1. The van der Waals surface area contributed by atoms with Crippen LogP contribution in [0.1, 0.15) is 18.1 Å². The van der Waals surface area contributed by atoms with Gasteiger partial charge in [0.25, 0.3) is 11.8 Å². The summed E-state index contributed by atoms with van der Waals surface area (Å²) in [5.41, 5.74) is 1.37. The van der Waals surface area contributed by atoms with E-state index in [1.165, 1.54) is 6.08 Å². The molecule has 2 N–H and O–H groups in total. The van der Waals surface area contributed by atoms with Gasteiger partial charge in [0.05, 0.1) is 11.1 Å². The van der Waals surface area contributed by atoms with E-state index in [1.54, 1.807) is 12.1 Å². The molecule has 1 fully saturated rings. The molecule has 0 spiro atoms. The Morgan fingerprint density at radius 3 is 2.29 bits per heavy atom. The molecular formula is C22H21BrN2O6. The van der Waals surface area contributed by atoms with Gasteiger partial charge < -0.3 is 14.2 Å². The van der Waals surface area contributed by atoms with Gasteiger partial charge in [-0.3, -0.25) is 20.2 Å². The van der Waals surface area contributed by atoms with Crippen LogP contribution in [-0.4, -0.2) is 37.7 Å². The van der Waals surface area contributed by atoms with Gasteiger partial charge in [-0.2, -0.15) is 0 Å². The van der Waals surface area contributed by atoms with Gasteiger partial charge in [-0.05, 0) is 65.2 Å². The van der Waals surface area contributed by atoms with Crippen LogP contribution in [0.2, 0.25) is 0 Å². The number of benzene rings is 2. The van der Waals surface area contributed by atoms with Crippen molar-refractivity contribution in [3.8, 4) is 17.2 Å². The highest BCUT2D eigenvalue weighted by atomic mass is 79.9. The van der Waals surface area contributed by atoms with E-state index < -0.39 is 17.8 Å². The first-order valence-electron chi connectivity index (χ1n) is 9.55. The van der Waals surface area contributed by atoms with Gasteiger partial charge in [-0.1, -0.05) is 18.2 Å². The molecule has 0 atom stereocenters. The maximum Gasteiger partial charge on any atom is 0.328 e. The lowest BCUT2D eigenvalue weighted by Crippen LogP contribution is -2.51. The molecule has 3 rings (SSSR count). The SMILES string of the molecule is CCOc1cc(C=C2C(=O)NC(=O)NC2=O)cc(Br)c1OCCOc1ccccc1C. The van der Waals surface area contributed by atoms with Gasteiger partial charge in [0.15, 0.2) is 11.5 Å². The fourth-order valence-corrected chi connectivity index (χ4v) is 3.44. The normalized spacial score (nSPS) is 13.4. The molecule has 0 aliphatic carbocycles. The van der Waals surface area contributed by atoms with Gasteiger partial charge in [0, 0.05) is 0 Å². The Bertz CT molecular complexity index is 1030. The number of ether oxygens (including phenoxy) is 3. The van der Waals surface area contributed by atoms with Crippen molar-refractivity contribution in [3.05, 3.63) is 57.6 Å². The predicted octanol–water partition coefficient (Wildman–Crippen LogP) is 3.36. The molecule has 4 amide bonds. The molecular weight excluding hydrogens is 468 g/mol. The van der Waals surface area contributed by atoms with E-state index in [1.807, 2.05) is 48.7 Å². The van der Waals surface area contributed by atoms with Gasteiger partial charge in [-0.15, -0.1) is 0 Å². The number of para-hydroxylation sites is 1. The summed E-state index contributed by atoms with van der Waals surface area (Å²) in [4.78, 5) is 35.1. The van der Waals surface area contributed by atoms with E-state index in [4.69, 9.17) is 14.2 Å². The molecule has 1 aliphatic rings. The van der Waals surface area contributed by atoms with Crippen LogP contribution in [-0.2, 0) is 9.59 Å². The first-order valence-corrected chi connectivity index (χ1v) is 10.3. The third kappa shape index (κ3) is 5.64. The van der Waals surface area contributed by atoms with Gasteiger partial charge >= 0.3 is 6.03 Å². The second-order valence-corrected chi connectivity index (χ2v) is 7.38. The molecule has 31 heavy (non-hydrogen) atoms. The highest BCUT2D eigenvalue weighted by Gasteiger charge is 2.28. The average molecular weight is 489 g/mol. The molecule has 1 aliphatic heterocycles. The lowest BCUT2D eigenvalue weighted by Gasteiger charge is -2.16. The fourth-order valence-electron chi connectivity index (χ4n) is 2.86. The molecule has 0 saturated carbocycles. The van der Waals surface area contributed by atoms with Gasteiger partial charge in [0.1, 0.15) is 24.5 Å². The predicted molar refractivity (Wildman–Crippen MR) is 117 cm³/mol. The van der Waals surface area contributed by atoms with E-state index in [0.29, 0.717) is 34.7 Å². The second-order valence-electron chi connectivity index (χ2n) is 6.52. The molecule has 162 valence electrons. The Morgan fingerprint density at radius 1 is 0.935 bits per heavy atom. The second kappa shape index (κ2) is 10.1. The van der Waals surface area contributed by atoms with Crippen molar-refractivity contribution in [1.29, 1.82) is 0 Å². The summed E-state index contributed by atoms with van der Waals surface area (Å²) < 4.78 is 17.9. The summed E-state index contributed by atoms with van der Waals surface area (Å²) in [5.74, 6) is 0.171. The third-order valence-corrected chi connectivity index (χ3v) is 4.86. The molecule has 2 aromatic rings. The highest BCUT2D eigenvalue weighted by molar-refractivity contribution is 9.10. The minimum absolute atomic E-state index is 0.186. The number of urea groups is 1. The molecule has 0 unspecified atom stereocenters. The first-order chi connectivity index (χ1) is 14.9. The Hall–Kier alpha value is -3.33.